The van der Waals surface area contributed by atoms with E-state index in [1.807, 2.05) is 30.3 Å². The summed E-state index contributed by atoms with van der Waals surface area (Å²) in [6.07, 6.45) is 3.27. The molecule has 6 nitrogen and oxygen atoms in total. The number of rotatable bonds is 6. The largest absolute Gasteiger partial charge is 0.464 e. The average Bonchev–Trinajstić information content (AvgIpc) is 3.13. The molecule has 30 heavy (non-hydrogen) atoms. The SMILES string of the molecule is COC(=O)c1[nH]c2ccccc2c1NC(=O)CN1CCC(Cc2ccccc2)CC1. The number of amides is 1. The van der Waals surface area contributed by atoms with Crippen LogP contribution in [0, 0.1) is 5.92 Å². The number of esters is 1. The van der Waals surface area contributed by atoms with Gasteiger partial charge in [-0.05, 0) is 49.9 Å². The normalized spacial score (nSPS) is 15.2. The summed E-state index contributed by atoms with van der Waals surface area (Å²) in [6, 6.07) is 18.1. The number of H-pyrrole nitrogens is 1. The molecule has 0 atom stereocenters. The van der Waals surface area contributed by atoms with Gasteiger partial charge in [0.05, 0.1) is 19.3 Å². The molecule has 0 bridgehead atoms. The standard InChI is InChI=1S/C24H27N3O3/c1-30-24(29)23-22(19-9-5-6-10-20(19)25-23)26-21(28)16-27-13-11-18(12-14-27)15-17-7-3-2-4-8-17/h2-10,18,25H,11-16H2,1H3,(H,26,28). The molecule has 1 aliphatic rings. The second kappa shape index (κ2) is 9.13. The number of nitrogens with one attached hydrogen (secondary N) is 2. The lowest BCUT2D eigenvalue weighted by Gasteiger charge is -2.31. The highest BCUT2D eigenvalue weighted by Gasteiger charge is 2.23. The number of anilines is 1. The highest BCUT2D eigenvalue weighted by atomic mass is 16.5. The fraction of sp³-hybridized carbons (Fsp3) is 0.333. The summed E-state index contributed by atoms with van der Waals surface area (Å²) in [6.45, 7) is 2.13. The molecule has 2 aromatic carbocycles. The van der Waals surface area contributed by atoms with Gasteiger partial charge >= 0.3 is 5.97 Å². The van der Waals surface area contributed by atoms with Crippen LogP contribution in [0.25, 0.3) is 10.9 Å². The second-order valence-corrected chi connectivity index (χ2v) is 7.87. The average molecular weight is 405 g/mol. The Labute approximate surface area is 176 Å². The van der Waals surface area contributed by atoms with Gasteiger partial charge in [-0.15, -0.1) is 0 Å². The van der Waals surface area contributed by atoms with Gasteiger partial charge < -0.3 is 15.0 Å². The van der Waals surface area contributed by atoms with Crippen molar-refractivity contribution in [2.75, 3.05) is 32.1 Å². The minimum absolute atomic E-state index is 0.119. The highest BCUT2D eigenvalue weighted by molar-refractivity contribution is 6.11. The topological polar surface area (TPSA) is 74.4 Å². The maximum atomic E-state index is 12.7. The van der Waals surface area contributed by atoms with Crippen molar-refractivity contribution in [3.63, 3.8) is 0 Å². The van der Waals surface area contributed by atoms with Crippen LogP contribution in [0.15, 0.2) is 54.6 Å². The number of nitrogens with zero attached hydrogens (tertiary/aromatic N) is 1. The van der Waals surface area contributed by atoms with Crippen molar-refractivity contribution in [2.45, 2.75) is 19.3 Å². The molecule has 2 N–H and O–H groups in total. The third-order valence-corrected chi connectivity index (χ3v) is 5.80. The number of ether oxygens (including phenoxy) is 1. The van der Waals surface area contributed by atoms with Crippen LogP contribution in [-0.2, 0) is 16.0 Å². The number of hydrogen-bond donors (Lipinski definition) is 2. The minimum Gasteiger partial charge on any atom is -0.464 e. The van der Waals surface area contributed by atoms with E-state index >= 15 is 0 Å². The molecule has 0 unspecified atom stereocenters. The van der Waals surface area contributed by atoms with E-state index in [1.165, 1.54) is 12.7 Å². The highest BCUT2D eigenvalue weighted by Crippen LogP contribution is 2.28. The third-order valence-electron chi connectivity index (χ3n) is 5.80. The van der Waals surface area contributed by atoms with E-state index in [9.17, 15) is 9.59 Å². The number of hydrogen-bond acceptors (Lipinski definition) is 4. The summed E-state index contributed by atoms with van der Waals surface area (Å²) in [5.41, 5.74) is 2.92. The van der Waals surface area contributed by atoms with Gasteiger partial charge in [-0.25, -0.2) is 4.79 Å². The summed E-state index contributed by atoms with van der Waals surface area (Å²) in [5.74, 6) is 0.0425. The quantitative estimate of drug-likeness (QED) is 0.611. The summed E-state index contributed by atoms with van der Waals surface area (Å²) in [5, 5.41) is 3.73. The van der Waals surface area contributed by atoms with Gasteiger partial charge in [0.15, 0.2) is 0 Å². The van der Waals surface area contributed by atoms with Crippen LogP contribution in [0.5, 0.6) is 0 Å². The van der Waals surface area contributed by atoms with Crippen LogP contribution in [0.3, 0.4) is 0 Å². The zero-order valence-electron chi connectivity index (χ0n) is 17.2. The minimum atomic E-state index is -0.497. The molecule has 2 heterocycles. The molecule has 0 aliphatic carbocycles. The van der Waals surface area contributed by atoms with Crippen molar-refractivity contribution >= 4 is 28.5 Å². The molecule has 4 rings (SSSR count). The van der Waals surface area contributed by atoms with Crippen molar-refractivity contribution in [2.24, 2.45) is 5.92 Å². The Kier molecular flexibility index (Phi) is 6.14. The number of benzene rings is 2. The van der Waals surface area contributed by atoms with Gasteiger partial charge in [0.2, 0.25) is 5.91 Å². The van der Waals surface area contributed by atoms with Gasteiger partial charge in [0.25, 0.3) is 0 Å². The van der Waals surface area contributed by atoms with Gasteiger partial charge in [0, 0.05) is 10.9 Å². The van der Waals surface area contributed by atoms with E-state index in [-0.39, 0.29) is 11.6 Å². The Hall–Kier alpha value is -3.12. The zero-order chi connectivity index (χ0) is 20.9. The molecule has 0 spiro atoms. The van der Waals surface area contributed by atoms with Crippen molar-refractivity contribution in [1.29, 1.82) is 0 Å². The number of aromatic nitrogens is 1. The number of fused-ring (bicyclic) bond motifs is 1. The Morgan fingerprint density at radius 2 is 1.77 bits per heavy atom. The lowest BCUT2D eigenvalue weighted by Crippen LogP contribution is -2.39. The van der Waals surface area contributed by atoms with Crippen LogP contribution >= 0.6 is 0 Å². The first kappa shape index (κ1) is 20.2. The maximum absolute atomic E-state index is 12.7. The first-order chi connectivity index (χ1) is 14.6. The second-order valence-electron chi connectivity index (χ2n) is 7.87. The molecule has 1 saturated heterocycles. The van der Waals surface area contributed by atoms with E-state index in [0.29, 0.717) is 18.2 Å². The first-order valence-electron chi connectivity index (χ1n) is 10.4. The van der Waals surface area contributed by atoms with E-state index in [2.05, 4.69) is 39.5 Å². The van der Waals surface area contributed by atoms with Gasteiger partial charge in [-0.1, -0.05) is 48.5 Å². The number of methoxy groups -OCH3 is 1. The van der Waals surface area contributed by atoms with Crippen LogP contribution in [0.1, 0.15) is 28.9 Å². The van der Waals surface area contributed by atoms with Crippen molar-refractivity contribution in [3.05, 3.63) is 65.9 Å². The van der Waals surface area contributed by atoms with Gasteiger partial charge in [-0.2, -0.15) is 0 Å². The van der Waals surface area contributed by atoms with Crippen LogP contribution in [0.4, 0.5) is 5.69 Å². The Bertz CT molecular complexity index is 1020. The lowest BCUT2D eigenvalue weighted by molar-refractivity contribution is -0.117. The van der Waals surface area contributed by atoms with Crippen molar-refractivity contribution in [1.82, 2.24) is 9.88 Å². The molecule has 1 amide bonds. The smallest absolute Gasteiger partial charge is 0.356 e. The molecule has 0 saturated carbocycles. The number of carbonyl (C=O) groups excluding carboxylic acids is 2. The van der Waals surface area contributed by atoms with Gasteiger partial charge in [-0.3, -0.25) is 9.69 Å². The number of aromatic amines is 1. The first-order valence-corrected chi connectivity index (χ1v) is 10.4. The number of piperidine rings is 1. The van der Waals surface area contributed by atoms with E-state index < -0.39 is 5.97 Å². The third kappa shape index (κ3) is 4.54. The van der Waals surface area contributed by atoms with Crippen molar-refractivity contribution < 1.29 is 14.3 Å². The van der Waals surface area contributed by atoms with Crippen LogP contribution in [-0.4, -0.2) is 48.5 Å². The zero-order valence-corrected chi connectivity index (χ0v) is 17.2. The summed E-state index contributed by atoms with van der Waals surface area (Å²) in [7, 11) is 1.33. The lowest BCUT2D eigenvalue weighted by atomic mass is 9.90. The number of likely N-dealkylation sites (tertiary alicyclic amines) is 1. The van der Waals surface area contributed by atoms with Crippen molar-refractivity contribution in [3.8, 4) is 0 Å². The van der Waals surface area contributed by atoms with E-state index in [0.717, 1.165) is 43.3 Å². The number of para-hydroxylation sites is 1. The van der Waals surface area contributed by atoms with E-state index in [1.54, 1.807) is 0 Å². The summed E-state index contributed by atoms with van der Waals surface area (Å²) >= 11 is 0. The van der Waals surface area contributed by atoms with Crippen LogP contribution < -0.4 is 5.32 Å². The fourth-order valence-electron chi connectivity index (χ4n) is 4.21. The predicted octanol–water partition coefficient (Wildman–Crippen LogP) is 3.85. The monoisotopic (exact) mass is 405 g/mol. The van der Waals surface area contributed by atoms with Crippen LogP contribution in [0.2, 0.25) is 0 Å². The van der Waals surface area contributed by atoms with E-state index in [4.69, 9.17) is 4.74 Å². The number of carbonyl (C=O) groups is 2. The Morgan fingerprint density at radius 3 is 2.50 bits per heavy atom. The summed E-state index contributed by atoms with van der Waals surface area (Å²) < 4.78 is 4.87. The maximum Gasteiger partial charge on any atom is 0.356 e. The Morgan fingerprint density at radius 1 is 1.07 bits per heavy atom. The molecular formula is C24H27N3O3. The molecule has 1 aliphatic heterocycles. The molecule has 3 aromatic rings. The summed E-state index contributed by atoms with van der Waals surface area (Å²) in [4.78, 5) is 30.1. The molecule has 6 heteroatoms. The predicted molar refractivity (Wildman–Crippen MR) is 118 cm³/mol. The fourth-order valence-corrected chi connectivity index (χ4v) is 4.21. The molecule has 1 aromatic heterocycles. The molecule has 0 radical (unpaired) electrons. The van der Waals surface area contributed by atoms with Gasteiger partial charge in [0.1, 0.15) is 5.69 Å². The molecule has 1 fully saturated rings. The molecule has 156 valence electrons. The molecular weight excluding hydrogens is 378 g/mol. The Balaban J connectivity index is 1.36.